The summed E-state index contributed by atoms with van der Waals surface area (Å²) >= 11 is 0. The molecule has 0 bridgehead atoms. The number of benzene rings is 1. The van der Waals surface area contributed by atoms with Gasteiger partial charge in [0.2, 0.25) is 0 Å². The van der Waals surface area contributed by atoms with Crippen molar-refractivity contribution < 1.29 is 14.6 Å². The molecule has 0 fully saturated rings. The van der Waals surface area contributed by atoms with Crippen molar-refractivity contribution in [3.8, 4) is 11.5 Å². The van der Waals surface area contributed by atoms with Crippen LogP contribution in [-0.4, -0.2) is 25.1 Å². The Morgan fingerprint density at radius 3 is 2.69 bits per heavy atom. The number of aliphatic hydroxyl groups is 1. The first-order chi connectivity index (χ1) is 7.67. The van der Waals surface area contributed by atoms with Gasteiger partial charge in [-0.1, -0.05) is 6.07 Å². The maximum Gasteiger partial charge on any atom is 0.161 e. The molecule has 0 saturated carbocycles. The maximum atomic E-state index is 9.01. The van der Waals surface area contributed by atoms with Gasteiger partial charge >= 0.3 is 0 Å². The molecule has 3 N–H and O–H groups in total. The van der Waals surface area contributed by atoms with Crippen molar-refractivity contribution in [2.24, 2.45) is 5.73 Å². The number of aliphatic hydroxyl groups excluding tert-OH is 1. The van der Waals surface area contributed by atoms with Crippen LogP contribution in [0.5, 0.6) is 11.5 Å². The van der Waals surface area contributed by atoms with E-state index < -0.39 is 6.23 Å². The molecule has 1 aromatic carbocycles. The normalized spacial score (nSPS) is 12.2. The van der Waals surface area contributed by atoms with Gasteiger partial charge in [-0.25, -0.2) is 0 Å². The number of nitrogens with two attached hydrogens (primary N) is 1. The number of rotatable bonds is 6. The van der Waals surface area contributed by atoms with Crippen LogP contribution in [-0.2, 0) is 6.42 Å². The van der Waals surface area contributed by atoms with E-state index in [1.807, 2.05) is 25.1 Å². The maximum absolute atomic E-state index is 9.01. The van der Waals surface area contributed by atoms with Crippen molar-refractivity contribution in [2.75, 3.05) is 13.7 Å². The van der Waals surface area contributed by atoms with Crippen LogP contribution in [0.2, 0.25) is 0 Å². The van der Waals surface area contributed by atoms with E-state index in [4.69, 9.17) is 20.3 Å². The second-order valence-electron chi connectivity index (χ2n) is 3.52. The predicted molar refractivity (Wildman–Crippen MR) is 62.7 cm³/mol. The Morgan fingerprint density at radius 1 is 1.38 bits per heavy atom. The highest BCUT2D eigenvalue weighted by Crippen LogP contribution is 2.28. The molecule has 0 radical (unpaired) electrons. The second kappa shape index (κ2) is 6.35. The third-order valence-electron chi connectivity index (χ3n) is 2.26. The van der Waals surface area contributed by atoms with Crippen molar-refractivity contribution in [1.82, 2.24) is 0 Å². The summed E-state index contributed by atoms with van der Waals surface area (Å²) < 4.78 is 10.6. The molecule has 0 spiro atoms. The fraction of sp³-hybridized carbons (Fsp3) is 0.500. The summed E-state index contributed by atoms with van der Waals surface area (Å²) in [5.74, 6) is 1.45. The molecule has 0 aromatic heterocycles. The molecule has 0 saturated heterocycles. The zero-order chi connectivity index (χ0) is 12.0. The van der Waals surface area contributed by atoms with Crippen LogP contribution in [0.1, 0.15) is 18.9 Å². The molecule has 0 aliphatic rings. The van der Waals surface area contributed by atoms with Crippen molar-refractivity contribution >= 4 is 0 Å². The van der Waals surface area contributed by atoms with Gasteiger partial charge in [0, 0.05) is 0 Å². The van der Waals surface area contributed by atoms with Gasteiger partial charge in [0.05, 0.1) is 13.7 Å². The number of methoxy groups -OCH3 is 1. The number of hydrogen-bond donors (Lipinski definition) is 2. The quantitative estimate of drug-likeness (QED) is 0.716. The van der Waals surface area contributed by atoms with Gasteiger partial charge in [-0.2, -0.15) is 0 Å². The second-order valence-corrected chi connectivity index (χ2v) is 3.52. The molecule has 4 nitrogen and oxygen atoms in total. The molecular weight excluding hydrogens is 206 g/mol. The Balaban J connectivity index is 2.76. The molecule has 16 heavy (non-hydrogen) atoms. The first kappa shape index (κ1) is 12.8. The van der Waals surface area contributed by atoms with Gasteiger partial charge in [0.1, 0.15) is 6.23 Å². The lowest BCUT2D eigenvalue weighted by Crippen LogP contribution is -2.19. The molecule has 0 aliphatic carbocycles. The summed E-state index contributed by atoms with van der Waals surface area (Å²) in [5.41, 5.74) is 6.37. The molecule has 0 amide bonds. The zero-order valence-corrected chi connectivity index (χ0v) is 9.77. The summed E-state index contributed by atoms with van der Waals surface area (Å²) in [6.07, 6.45) is 0.497. The minimum Gasteiger partial charge on any atom is -0.493 e. The standard InChI is InChI=1S/C12H19NO3/c1-3-16-11-8-9(5-7-12(13)14)4-6-10(11)15-2/h4,6,8,12,14H,3,5,7,13H2,1-2H3. The lowest BCUT2D eigenvalue weighted by Gasteiger charge is -2.11. The number of ether oxygens (including phenoxy) is 2. The van der Waals surface area contributed by atoms with Crippen LogP contribution < -0.4 is 15.2 Å². The van der Waals surface area contributed by atoms with Crippen LogP contribution >= 0.6 is 0 Å². The van der Waals surface area contributed by atoms with Gasteiger partial charge in [0.25, 0.3) is 0 Å². The number of hydrogen-bond acceptors (Lipinski definition) is 4. The zero-order valence-electron chi connectivity index (χ0n) is 9.77. The van der Waals surface area contributed by atoms with E-state index in [1.54, 1.807) is 7.11 Å². The van der Waals surface area contributed by atoms with Crippen molar-refractivity contribution in [1.29, 1.82) is 0 Å². The topological polar surface area (TPSA) is 64.7 Å². The van der Waals surface area contributed by atoms with Gasteiger partial charge < -0.3 is 20.3 Å². The Morgan fingerprint density at radius 2 is 2.12 bits per heavy atom. The molecule has 0 aliphatic heterocycles. The average Bonchev–Trinajstić information content (AvgIpc) is 2.27. The van der Waals surface area contributed by atoms with Gasteiger partial charge in [-0.15, -0.1) is 0 Å². The molecule has 4 heteroatoms. The minimum atomic E-state index is -0.766. The number of aryl methyl sites for hydroxylation is 1. The first-order valence-electron chi connectivity index (χ1n) is 5.40. The van der Waals surface area contributed by atoms with E-state index in [0.717, 1.165) is 23.5 Å². The molecule has 1 aromatic rings. The van der Waals surface area contributed by atoms with Crippen molar-refractivity contribution in [3.05, 3.63) is 23.8 Å². The summed E-state index contributed by atoms with van der Waals surface area (Å²) in [7, 11) is 1.61. The highest BCUT2D eigenvalue weighted by Gasteiger charge is 2.06. The Bertz CT molecular complexity index is 326. The van der Waals surface area contributed by atoms with Crippen molar-refractivity contribution in [3.63, 3.8) is 0 Å². The van der Waals surface area contributed by atoms with Crippen LogP contribution in [0.3, 0.4) is 0 Å². The SMILES string of the molecule is CCOc1cc(CCC(N)O)ccc1OC. The predicted octanol–water partition coefficient (Wildman–Crippen LogP) is 1.30. The Hall–Kier alpha value is -1.26. The summed E-state index contributed by atoms with van der Waals surface area (Å²) in [6.45, 7) is 2.52. The molecule has 1 rings (SSSR count). The fourth-order valence-corrected chi connectivity index (χ4v) is 1.46. The molecule has 90 valence electrons. The third-order valence-corrected chi connectivity index (χ3v) is 2.26. The highest BCUT2D eigenvalue weighted by atomic mass is 16.5. The first-order valence-corrected chi connectivity index (χ1v) is 5.40. The summed E-state index contributed by atoms with van der Waals surface area (Å²) in [5, 5.41) is 9.01. The molecule has 1 atom stereocenters. The average molecular weight is 225 g/mol. The van der Waals surface area contributed by atoms with E-state index >= 15 is 0 Å². The Kier molecular flexibility index (Phi) is 5.08. The summed E-state index contributed by atoms with van der Waals surface area (Å²) in [6, 6.07) is 5.73. The van der Waals surface area contributed by atoms with Gasteiger partial charge in [0.15, 0.2) is 11.5 Å². The highest BCUT2D eigenvalue weighted by molar-refractivity contribution is 5.43. The van der Waals surface area contributed by atoms with E-state index in [-0.39, 0.29) is 0 Å². The van der Waals surface area contributed by atoms with Gasteiger partial charge in [-0.3, -0.25) is 0 Å². The minimum absolute atomic E-state index is 0.540. The van der Waals surface area contributed by atoms with Crippen LogP contribution in [0, 0.1) is 0 Å². The van der Waals surface area contributed by atoms with E-state index in [9.17, 15) is 0 Å². The van der Waals surface area contributed by atoms with Crippen LogP contribution in [0.4, 0.5) is 0 Å². The Labute approximate surface area is 96.0 Å². The van der Waals surface area contributed by atoms with Crippen molar-refractivity contribution in [2.45, 2.75) is 26.0 Å². The van der Waals surface area contributed by atoms with Gasteiger partial charge in [-0.05, 0) is 37.5 Å². The van der Waals surface area contributed by atoms with E-state index in [1.165, 1.54) is 0 Å². The third kappa shape index (κ3) is 3.72. The van der Waals surface area contributed by atoms with Crippen LogP contribution in [0.25, 0.3) is 0 Å². The lowest BCUT2D eigenvalue weighted by molar-refractivity contribution is 0.172. The van der Waals surface area contributed by atoms with E-state index in [0.29, 0.717) is 13.0 Å². The molecular formula is C12H19NO3. The monoisotopic (exact) mass is 225 g/mol. The summed E-state index contributed by atoms with van der Waals surface area (Å²) in [4.78, 5) is 0. The van der Waals surface area contributed by atoms with Crippen LogP contribution in [0.15, 0.2) is 18.2 Å². The largest absolute Gasteiger partial charge is 0.493 e. The molecule has 1 unspecified atom stereocenters. The lowest BCUT2D eigenvalue weighted by atomic mass is 10.1. The fourth-order valence-electron chi connectivity index (χ4n) is 1.46. The van der Waals surface area contributed by atoms with E-state index in [2.05, 4.69) is 0 Å². The smallest absolute Gasteiger partial charge is 0.161 e. The molecule has 0 heterocycles.